The Morgan fingerprint density at radius 3 is 2.45 bits per heavy atom. The second kappa shape index (κ2) is 6.32. The van der Waals surface area contributed by atoms with E-state index in [0.717, 1.165) is 0 Å². The number of aromatic nitrogens is 3. The minimum Gasteiger partial charge on any atom is -0.493 e. The zero-order chi connectivity index (χ0) is 16.3. The van der Waals surface area contributed by atoms with E-state index in [1.54, 1.807) is 13.8 Å². The van der Waals surface area contributed by atoms with Gasteiger partial charge in [-0.15, -0.1) is 0 Å². The Morgan fingerprint density at radius 1 is 1.23 bits per heavy atom. The lowest BCUT2D eigenvalue weighted by Gasteiger charge is -2.13. The number of aromatic amines is 1. The molecule has 0 aliphatic carbocycles. The predicted octanol–water partition coefficient (Wildman–Crippen LogP) is 1.17. The van der Waals surface area contributed by atoms with Gasteiger partial charge in [0.1, 0.15) is 5.82 Å². The van der Waals surface area contributed by atoms with E-state index in [9.17, 15) is 8.42 Å². The van der Waals surface area contributed by atoms with Gasteiger partial charge in [-0.3, -0.25) is 5.10 Å². The molecule has 9 heteroatoms. The normalized spacial score (nSPS) is 12.9. The molecule has 0 spiro atoms. The first-order valence-electron chi connectivity index (χ1n) is 6.50. The maximum Gasteiger partial charge on any atom is 0.241 e. The van der Waals surface area contributed by atoms with E-state index in [-0.39, 0.29) is 4.90 Å². The van der Waals surface area contributed by atoms with Gasteiger partial charge in [0.2, 0.25) is 10.0 Å². The number of nitrogens with zero attached hydrogens (tertiary/aromatic N) is 2. The highest BCUT2D eigenvalue weighted by atomic mass is 32.2. The van der Waals surface area contributed by atoms with Crippen LogP contribution in [0.4, 0.5) is 0 Å². The van der Waals surface area contributed by atoms with Crippen LogP contribution < -0.4 is 14.2 Å². The van der Waals surface area contributed by atoms with Crippen molar-refractivity contribution in [1.82, 2.24) is 19.9 Å². The molecular formula is C13H18N4O4S. The van der Waals surface area contributed by atoms with E-state index in [2.05, 4.69) is 19.9 Å². The van der Waals surface area contributed by atoms with Gasteiger partial charge in [0.25, 0.3) is 0 Å². The van der Waals surface area contributed by atoms with Crippen molar-refractivity contribution in [2.45, 2.75) is 24.8 Å². The molecule has 2 N–H and O–H groups in total. The molecule has 120 valence electrons. The van der Waals surface area contributed by atoms with E-state index < -0.39 is 16.1 Å². The second-order valence-electron chi connectivity index (χ2n) is 4.64. The molecule has 1 atom stereocenters. The lowest BCUT2D eigenvalue weighted by atomic mass is 10.3. The van der Waals surface area contributed by atoms with Crippen LogP contribution in [0.3, 0.4) is 0 Å². The quantitative estimate of drug-likeness (QED) is 0.825. The predicted molar refractivity (Wildman–Crippen MR) is 79.4 cm³/mol. The van der Waals surface area contributed by atoms with Crippen LogP contribution in [0.15, 0.2) is 23.1 Å². The minimum atomic E-state index is -3.74. The summed E-state index contributed by atoms with van der Waals surface area (Å²) in [5.41, 5.74) is 0. The van der Waals surface area contributed by atoms with Gasteiger partial charge in [0.15, 0.2) is 17.3 Å². The third-order valence-corrected chi connectivity index (χ3v) is 4.54. The fourth-order valence-electron chi connectivity index (χ4n) is 1.89. The van der Waals surface area contributed by atoms with Crippen LogP contribution in [0.2, 0.25) is 0 Å². The van der Waals surface area contributed by atoms with Crippen LogP contribution >= 0.6 is 0 Å². The van der Waals surface area contributed by atoms with Crippen LogP contribution in [-0.2, 0) is 10.0 Å². The molecule has 2 aromatic rings. The number of sulfonamides is 1. The van der Waals surface area contributed by atoms with Gasteiger partial charge >= 0.3 is 0 Å². The van der Waals surface area contributed by atoms with Crippen molar-refractivity contribution in [3.63, 3.8) is 0 Å². The van der Waals surface area contributed by atoms with E-state index in [0.29, 0.717) is 23.1 Å². The smallest absolute Gasteiger partial charge is 0.241 e. The zero-order valence-electron chi connectivity index (χ0n) is 12.7. The summed E-state index contributed by atoms with van der Waals surface area (Å²) in [6, 6.07) is 3.81. The molecule has 0 fully saturated rings. The molecule has 0 aliphatic rings. The van der Waals surface area contributed by atoms with Crippen LogP contribution in [0.1, 0.15) is 24.6 Å². The topological polar surface area (TPSA) is 106 Å². The molecule has 0 saturated heterocycles. The molecule has 1 aromatic heterocycles. The Balaban J connectivity index is 2.26. The van der Waals surface area contributed by atoms with Gasteiger partial charge in [-0.05, 0) is 26.0 Å². The van der Waals surface area contributed by atoms with Crippen molar-refractivity contribution in [2.75, 3.05) is 14.2 Å². The van der Waals surface area contributed by atoms with Gasteiger partial charge in [0, 0.05) is 6.07 Å². The average molecular weight is 326 g/mol. The standard InChI is InChI=1S/C13H18N4O4S/c1-8(13-14-9(2)15-16-13)17-22(18,19)10-5-6-11(20-3)12(7-10)21-4/h5-8,17H,1-4H3,(H,14,15,16)/t8-/m1/s1. The number of ether oxygens (including phenoxy) is 2. The van der Waals surface area contributed by atoms with Gasteiger partial charge in [0.05, 0.1) is 25.2 Å². The van der Waals surface area contributed by atoms with Gasteiger partial charge in [-0.2, -0.15) is 5.10 Å². The molecule has 8 nitrogen and oxygen atoms in total. The molecule has 0 bridgehead atoms. The molecular weight excluding hydrogens is 308 g/mol. The van der Waals surface area contributed by atoms with E-state index in [1.807, 2.05) is 0 Å². The summed E-state index contributed by atoms with van der Waals surface area (Å²) in [5.74, 6) is 1.79. The van der Waals surface area contributed by atoms with Crippen LogP contribution in [0.25, 0.3) is 0 Å². The Labute approximate surface area is 128 Å². The first-order valence-corrected chi connectivity index (χ1v) is 7.99. The summed E-state index contributed by atoms with van der Waals surface area (Å²) in [4.78, 5) is 4.18. The summed E-state index contributed by atoms with van der Waals surface area (Å²) in [6.45, 7) is 3.41. The number of benzene rings is 1. The number of methoxy groups -OCH3 is 2. The lowest BCUT2D eigenvalue weighted by Crippen LogP contribution is -2.27. The molecule has 1 aromatic carbocycles. The Hall–Kier alpha value is -2.13. The largest absolute Gasteiger partial charge is 0.493 e. The molecule has 0 amide bonds. The molecule has 0 unspecified atom stereocenters. The molecule has 0 radical (unpaired) electrons. The van der Waals surface area contributed by atoms with E-state index >= 15 is 0 Å². The molecule has 0 aliphatic heterocycles. The first-order chi connectivity index (χ1) is 10.4. The Morgan fingerprint density at radius 2 is 1.91 bits per heavy atom. The zero-order valence-corrected chi connectivity index (χ0v) is 13.6. The summed E-state index contributed by atoms with van der Waals surface area (Å²) < 4.78 is 37.6. The van der Waals surface area contributed by atoms with E-state index in [1.165, 1.54) is 32.4 Å². The number of H-pyrrole nitrogens is 1. The van der Waals surface area contributed by atoms with Crippen LogP contribution in [0.5, 0.6) is 11.5 Å². The van der Waals surface area contributed by atoms with Gasteiger partial charge in [-0.25, -0.2) is 18.1 Å². The third-order valence-electron chi connectivity index (χ3n) is 3.00. The highest BCUT2D eigenvalue weighted by molar-refractivity contribution is 7.89. The second-order valence-corrected chi connectivity index (χ2v) is 6.35. The van der Waals surface area contributed by atoms with Crippen LogP contribution in [0, 0.1) is 6.92 Å². The number of hydrogen-bond donors (Lipinski definition) is 2. The number of nitrogens with one attached hydrogen (secondary N) is 2. The van der Waals surface area contributed by atoms with Crippen LogP contribution in [-0.4, -0.2) is 37.8 Å². The maximum atomic E-state index is 12.4. The summed E-state index contributed by atoms with van der Waals surface area (Å²) in [5, 5.41) is 6.62. The van der Waals surface area contributed by atoms with E-state index in [4.69, 9.17) is 9.47 Å². The van der Waals surface area contributed by atoms with Gasteiger partial charge in [-0.1, -0.05) is 0 Å². The lowest BCUT2D eigenvalue weighted by molar-refractivity contribution is 0.354. The Bertz CT molecular complexity index is 757. The fraction of sp³-hybridized carbons (Fsp3) is 0.385. The number of rotatable bonds is 6. The minimum absolute atomic E-state index is 0.0734. The van der Waals surface area contributed by atoms with Crippen molar-refractivity contribution in [3.8, 4) is 11.5 Å². The SMILES string of the molecule is COc1ccc(S(=O)(=O)N[C@H](C)c2n[nH]c(C)n2)cc1OC. The van der Waals surface area contributed by atoms with Crippen molar-refractivity contribution in [1.29, 1.82) is 0 Å². The molecule has 22 heavy (non-hydrogen) atoms. The first kappa shape index (κ1) is 16.2. The summed E-state index contributed by atoms with van der Waals surface area (Å²) in [7, 11) is -0.806. The highest BCUT2D eigenvalue weighted by Crippen LogP contribution is 2.29. The Kier molecular flexibility index (Phi) is 4.67. The third kappa shape index (κ3) is 3.37. The summed E-state index contributed by atoms with van der Waals surface area (Å²) in [6.07, 6.45) is 0. The monoisotopic (exact) mass is 326 g/mol. The highest BCUT2D eigenvalue weighted by Gasteiger charge is 2.22. The van der Waals surface area contributed by atoms with Crippen molar-refractivity contribution < 1.29 is 17.9 Å². The molecule has 1 heterocycles. The molecule has 2 rings (SSSR count). The van der Waals surface area contributed by atoms with Gasteiger partial charge < -0.3 is 9.47 Å². The maximum absolute atomic E-state index is 12.4. The fourth-order valence-corrected chi connectivity index (χ4v) is 3.11. The number of hydrogen-bond acceptors (Lipinski definition) is 6. The van der Waals surface area contributed by atoms with Crippen molar-refractivity contribution in [2.24, 2.45) is 0 Å². The number of aryl methyl sites for hydroxylation is 1. The van der Waals surface area contributed by atoms with Crippen molar-refractivity contribution in [3.05, 3.63) is 29.8 Å². The van der Waals surface area contributed by atoms with Crippen molar-refractivity contribution >= 4 is 10.0 Å². The molecule has 0 saturated carbocycles. The average Bonchev–Trinajstić information content (AvgIpc) is 2.92. The summed E-state index contributed by atoms with van der Waals surface area (Å²) >= 11 is 0.